The van der Waals surface area contributed by atoms with Crippen molar-refractivity contribution in [3.63, 3.8) is 0 Å². The van der Waals surface area contributed by atoms with Gasteiger partial charge in [0.05, 0.1) is 18.4 Å². The average Bonchev–Trinajstić information content (AvgIpc) is 3.17. The van der Waals surface area contributed by atoms with Crippen molar-refractivity contribution in [1.29, 1.82) is 0 Å². The number of benzene rings is 1. The highest BCUT2D eigenvalue weighted by atomic mass is 35.5. The van der Waals surface area contributed by atoms with E-state index in [9.17, 15) is 4.79 Å². The summed E-state index contributed by atoms with van der Waals surface area (Å²) in [7, 11) is 1.42. The number of nitrogens with zero attached hydrogens (tertiary/aromatic N) is 1. The largest absolute Gasteiger partial charge is 0.465 e. The molecule has 5 heteroatoms. The molecule has 0 saturated heterocycles. The van der Waals surface area contributed by atoms with Gasteiger partial charge in [-0.3, -0.25) is 0 Å². The first kappa shape index (κ1) is 19.4. The summed E-state index contributed by atoms with van der Waals surface area (Å²) in [4.78, 5) is 17.7. The van der Waals surface area contributed by atoms with Crippen LogP contribution < -0.4 is 0 Å². The summed E-state index contributed by atoms with van der Waals surface area (Å²) in [6, 6.07) is 7.66. The van der Waals surface area contributed by atoms with Crippen molar-refractivity contribution < 1.29 is 14.4 Å². The molecule has 1 unspecified atom stereocenters. The number of halogens is 1. The zero-order valence-corrected chi connectivity index (χ0v) is 16.5. The maximum Gasteiger partial charge on any atom is 0.338 e. The Kier molecular flexibility index (Phi) is 6.51. The summed E-state index contributed by atoms with van der Waals surface area (Å²) < 4.78 is 4.93. The fraction of sp³-hybridized carbons (Fsp3) is 0.364. The highest BCUT2D eigenvalue weighted by Crippen LogP contribution is 2.31. The molecule has 2 aliphatic rings. The van der Waals surface area contributed by atoms with Gasteiger partial charge in [0.2, 0.25) is 0 Å². The topological polar surface area (TPSA) is 47.9 Å². The van der Waals surface area contributed by atoms with Gasteiger partial charge in [0.1, 0.15) is 6.10 Å². The molecular weight excluding hydrogens is 362 g/mol. The van der Waals surface area contributed by atoms with Gasteiger partial charge in [-0.05, 0) is 55.9 Å². The number of carbonyl (C=O) groups excluding carboxylic acids is 1. The van der Waals surface area contributed by atoms with Crippen molar-refractivity contribution in [3.8, 4) is 0 Å². The number of oxime groups is 1. The highest BCUT2D eigenvalue weighted by Gasteiger charge is 2.24. The number of allylic oxidation sites excluding steroid dienone is 4. The SMILES string of the molecule is C/C=C(/C(=O)OC)C1=C(CCC2CC(c3ccc(Cl)cc3)=NO2)CCC=C1. The van der Waals surface area contributed by atoms with Crippen LogP contribution in [0.4, 0.5) is 0 Å². The minimum absolute atomic E-state index is 0.0579. The predicted octanol–water partition coefficient (Wildman–Crippen LogP) is 5.38. The van der Waals surface area contributed by atoms with E-state index < -0.39 is 0 Å². The van der Waals surface area contributed by atoms with Crippen LogP contribution in [0.5, 0.6) is 0 Å². The van der Waals surface area contributed by atoms with Crippen LogP contribution in [-0.2, 0) is 14.4 Å². The quantitative estimate of drug-likeness (QED) is 0.488. The van der Waals surface area contributed by atoms with Crippen LogP contribution in [0, 0.1) is 0 Å². The van der Waals surface area contributed by atoms with E-state index in [-0.39, 0.29) is 12.1 Å². The Hall–Kier alpha value is -2.33. The van der Waals surface area contributed by atoms with Crippen LogP contribution in [0.25, 0.3) is 0 Å². The molecule has 27 heavy (non-hydrogen) atoms. The van der Waals surface area contributed by atoms with E-state index in [4.69, 9.17) is 21.2 Å². The molecule has 142 valence electrons. The van der Waals surface area contributed by atoms with E-state index >= 15 is 0 Å². The Morgan fingerprint density at radius 1 is 1.37 bits per heavy atom. The summed E-state index contributed by atoms with van der Waals surface area (Å²) in [6.07, 6.45) is 10.5. The van der Waals surface area contributed by atoms with Crippen molar-refractivity contribution in [2.45, 2.75) is 45.1 Å². The van der Waals surface area contributed by atoms with E-state index in [1.807, 2.05) is 43.3 Å². The molecule has 1 aliphatic carbocycles. The minimum Gasteiger partial charge on any atom is -0.465 e. The van der Waals surface area contributed by atoms with Crippen molar-refractivity contribution >= 4 is 23.3 Å². The lowest BCUT2D eigenvalue weighted by Crippen LogP contribution is -2.12. The van der Waals surface area contributed by atoms with Crippen LogP contribution in [0.3, 0.4) is 0 Å². The van der Waals surface area contributed by atoms with Gasteiger partial charge < -0.3 is 9.57 Å². The molecule has 1 aromatic rings. The van der Waals surface area contributed by atoms with Crippen LogP contribution in [0.2, 0.25) is 5.02 Å². The van der Waals surface area contributed by atoms with Crippen LogP contribution in [-0.4, -0.2) is 24.9 Å². The Labute approximate surface area is 165 Å². The predicted molar refractivity (Wildman–Crippen MR) is 108 cm³/mol. The molecule has 3 rings (SSSR count). The van der Waals surface area contributed by atoms with Gasteiger partial charge in [0.25, 0.3) is 0 Å². The molecule has 1 heterocycles. The third-order valence-corrected chi connectivity index (χ3v) is 5.19. The first-order valence-corrected chi connectivity index (χ1v) is 9.62. The molecule has 1 aliphatic heterocycles. The molecule has 0 aromatic heterocycles. The maximum absolute atomic E-state index is 12.1. The number of esters is 1. The second-order valence-corrected chi connectivity index (χ2v) is 7.10. The van der Waals surface area contributed by atoms with E-state index in [0.717, 1.165) is 49.0 Å². The van der Waals surface area contributed by atoms with E-state index in [2.05, 4.69) is 11.2 Å². The first-order valence-electron chi connectivity index (χ1n) is 9.24. The number of carbonyl (C=O) groups is 1. The number of rotatable bonds is 6. The number of methoxy groups -OCH3 is 1. The van der Waals surface area contributed by atoms with Gasteiger partial charge in [0.15, 0.2) is 0 Å². The molecule has 0 amide bonds. The van der Waals surface area contributed by atoms with Crippen LogP contribution in [0.1, 0.15) is 44.6 Å². The summed E-state index contributed by atoms with van der Waals surface area (Å²) >= 11 is 5.95. The van der Waals surface area contributed by atoms with E-state index in [0.29, 0.717) is 10.6 Å². The van der Waals surface area contributed by atoms with Gasteiger partial charge >= 0.3 is 5.97 Å². The fourth-order valence-electron chi connectivity index (χ4n) is 3.48. The van der Waals surface area contributed by atoms with Crippen molar-refractivity contribution in [2.75, 3.05) is 7.11 Å². The molecule has 0 saturated carbocycles. The van der Waals surface area contributed by atoms with Crippen molar-refractivity contribution in [2.24, 2.45) is 5.16 Å². The Morgan fingerprint density at radius 3 is 2.85 bits per heavy atom. The van der Waals surface area contributed by atoms with Gasteiger partial charge in [-0.25, -0.2) is 4.79 Å². The molecule has 1 atom stereocenters. The standard InChI is InChI=1S/C22H24ClNO3/c1-3-19(22(25)26-2)20-7-5-4-6-15(20)10-13-18-14-21(24-27-18)16-8-11-17(23)12-9-16/h3,5,7-9,11-12,18H,4,6,10,13-14H2,1-2H3/b19-3+. The zero-order valence-electron chi connectivity index (χ0n) is 15.7. The average molecular weight is 386 g/mol. The van der Waals surface area contributed by atoms with Gasteiger partial charge in [-0.2, -0.15) is 0 Å². The highest BCUT2D eigenvalue weighted by molar-refractivity contribution is 6.30. The minimum atomic E-state index is -0.290. The number of ether oxygens (including phenoxy) is 1. The smallest absolute Gasteiger partial charge is 0.338 e. The second kappa shape index (κ2) is 9.05. The van der Waals surface area contributed by atoms with Gasteiger partial charge in [0, 0.05) is 11.4 Å². The molecule has 4 nitrogen and oxygen atoms in total. The van der Waals surface area contributed by atoms with Gasteiger partial charge in [-0.15, -0.1) is 0 Å². The van der Waals surface area contributed by atoms with Gasteiger partial charge in [-0.1, -0.05) is 52.7 Å². The lowest BCUT2D eigenvalue weighted by atomic mass is 9.88. The Bertz CT molecular complexity index is 818. The molecule has 0 bridgehead atoms. The molecular formula is C22H24ClNO3. The Morgan fingerprint density at radius 2 is 2.15 bits per heavy atom. The summed E-state index contributed by atoms with van der Waals surface area (Å²) in [5, 5.41) is 4.96. The van der Waals surface area contributed by atoms with Crippen LogP contribution >= 0.6 is 11.6 Å². The monoisotopic (exact) mass is 385 g/mol. The van der Waals surface area contributed by atoms with E-state index in [1.54, 1.807) is 0 Å². The van der Waals surface area contributed by atoms with Crippen molar-refractivity contribution in [1.82, 2.24) is 0 Å². The maximum atomic E-state index is 12.1. The third kappa shape index (κ3) is 4.69. The Balaban J connectivity index is 1.64. The molecule has 0 N–H and O–H groups in total. The summed E-state index contributed by atoms with van der Waals surface area (Å²) in [5.41, 5.74) is 4.91. The normalized spacial score (nSPS) is 19.7. The second-order valence-electron chi connectivity index (χ2n) is 6.67. The van der Waals surface area contributed by atoms with E-state index in [1.165, 1.54) is 12.7 Å². The molecule has 0 radical (unpaired) electrons. The third-order valence-electron chi connectivity index (χ3n) is 4.94. The lowest BCUT2D eigenvalue weighted by Gasteiger charge is -2.18. The fourth-order valence-corrected chi connectivity index (χ4v) is 3.60. The zero-order chi connectivity index (χ0) is 19.2. The van der Waals surface area contributed by atoms with Crippen LogP contribution in [0.15, 0.2) is 64.4 Å². The summed E-state index contributed by atoms with van der Waals surface area (Å²) in [5.74, 6) is -0.290. The molecule has 1 aromatic carbocycles. The number of hydrogen-bond donors (Lipinski definition) is 0. The summed E-state index contributed by atoms with van der Waals surface area (Å²) in [6.45, 7) is 1.87. The molecule has 0 fully saturated rings. The van der Waals surface area contributed by atoms with Crippen molar-refractivity contribution in [3.05, 3.63) is 69.8 Å². The number of hydrogen-bond acceptors (Lipinski definition) is 4. The lowest BCUT2D eigenvalue weighted by molar-refractivity contribution is -0.135. The first-order chi connectivity index (χ1) is 13.1. The molecule has 0 spiro atoms.